The summed E-state index contributed by atoms with van der Waals surface area (Å²) in [5.74, 6) is 0.943. The Kier molecular flexibility index (Phi) is 8.07. The van der Waals surface area contributed by atoms with Gasteiger partial charge in [-0.05, 0) is 23.1 Å². The van der Waals surface area contributed by atoms with E-state index in [9.17, 15) is 4.79 Å². The first kappa shape index (κ1) is 20.6. The van der Waals surface area contributed by atoms with Crippen molar-refractivity contribution in [3.05, 3.63) is 71.3 Å². The number of aromatic nitrogens is 2. The molecule has 144 valence electrons. The summed E-state index contributed by atoms with van der Waals surface area (Å²) in [5, 5.41) is 12.3. The Balaban J connectivity index is 1.39. The van der Waals surface area contributed by atoms with Crippen LogP contribution in [0.25, 0.3) is 0 Å². The highest BCUT2D eigenvalue weighted by Gasteiger charge is 2.08. The molecule has 0 radical (unpaired) electrons. The minimum Gasteiger partial charge on any atom is -0.272 e. The van der Waals surface area contributed by atoms with Gasteiger partial charge in [0.05, 0.1) is 12.0 Å². The van der Waals surface area contributed by atoms with Gasteiger partial charge in [0.1, 0.15) is 0 Å². The van der Waals surface area contributed by atoms with Crippen LogP contribution in [0.2, 0.25) is 0 Å². The normalized spacial score (nSPS) is 11.0. The molecule has 1 aromatic heterocycles. The number of amides is 1. The molecule has 0 saturated carbocycles. The van der Waals surface area contributed by atoms with E-state index in [0.717, 1.165) is 26.4 Å². The van der Waals surface area contributed by atoms with Crippen molar-refractivity contribution in [1.29, 1.82) is 0 Å². The summed E-state index contributed by atoms with van der Waals surface area (Å²) in [5.41, 5.74) is 6.02. The van der Waals surface area contributed by atoms with Crippen molar-refractivity contribution >= 4 is 47.0 Å². The van der Waals surface area contributed by atoms with Gasteiger partial charge in [-0.1, -0.05) is 96.4 Å². The fraction of sp³-hybridized carbons (Fsp3) is 0.200. The number of hydrazone groups is 1. The molecule has 3 rings (SSSR count). The van der Waals surface area contributed by atoms with Gasteiger partial charge in [-0.25, -0.2) is 5.43 Å². The maximum Gasteiger partial charge on any atom is 0.250 e. The molecular weight excluding hydrogens is 408 g/mol. The van der Waals surface area contributed by atoms with Gasteiger partial charge in [0.15, 0.2) is 8.68 Å². The molecule has 2 aromatic carbocycles. The Morgan fingerprint density at radius 3 is 2.46 bits per heavy atom. The first-order chi connectivity index (χ1) is 13.7. The summed E-state index contributed by atoms with van der Waals surface area (Å²) in [4.78, 5) is 11.9. The molecule has 3 aromatic rings. The summed E-state index contributed by atoms with van der Waals surface area (Å²) in [6, 6.07) is 18.3. The van der Waals surface area contributed by atoms with Crippen LogP contribution in [-0.4, -0.2) is 28.1 Å². The zero-order chi connectivity index (χ0) is 19.6. The van der Waals surface area contributed by atoms with E-state index < -0.39 is 0 Å². The van der Waals surface area contributed by atoms with Crippen molar-refractivity contribution in [2.75, 3.05) is 5.75 Å². The minimum absolute atomic E-state index is 0.167. The molecule has 5 nitrogen and oxygen atoms in total. The number of aryl methyl sites for hydroxylation is 1. The fourth-order valence-corrected chi connectivity index (χ4v) is 4.98. The molecule has 1 heterocycles. The number of carbonyl (C=O) groups excluding carboxylic acids is 1. The molecule has 0 fully saturated rings. The van der Waals surface area contributed by atoms with Gasteiger partial charge in [-0.2, -0.15) is 5.10 Å². The Morgan fingerprint density at radius 2 is 1.75 bits per heavy atom. The number of benzene rings is 2. The maximum absolute atomic E-state index is 11.9. The van der Waals surface area contributed by atoms with Gasteiger partial charge < -0.3 is 0 Å². The van der Waals surface area contributed by atoms with Crippen LogP contribution in [0.5, 0.6) is 0 Å². The summed E-state index contributed by atoms with van der Waals surface area (Å²) >= 11 is 4.52. The lowest BCUT2D eigenvalue weighted by Crippen LogP contribution is -2.19. The van der Waals surface area contributed by atoms with Gasteiger partial charge in [0.25, 0.3) is 5.91 Å². The third kappa shape index (κ3) is 6.78. The quantitative estimate of drug-likeness (QED) is 0.306. The predicted molar refractivity (Wildman–Crippen MR) is 118 cm³/mol. The Hall–Kier alpha value is -2.16. The van der Waals surface area contributed by atoms with Crippen LogP contribution in [0, 0.1) is 0 Å². The van der Waals surface area contributed by atoms with Crippen molar-refractivity contribution < 1.29 is 4.79 Å². The molecule has 8 heteroatoms. The first-order valence-electron chi connectivity index (χ1n) is 8.77. The zero-order valence-electron chi connectivity index (χ0n) is 15.4. The second-order valence-electron chi connectivity index (χ2n) is 5.79. The van der Waals surface area contributed by atoms with E-state index in [1.165, 1.54) is 34.2 Å². The van der Waals surface area contributed by atoms with Gasteiger partial charge in [0.2, 0.25) is 0 Å². The van der Waals surface area contributed by atoms with Crippen molar-refractivity contribution in [2.24, 2.45) is 5.10 Å². The van der Waals surface area contributed by atoms with Crippen LogP contribution in [-0.2, 0) is 17.0 Å². The SMILES string of the molecule is CCc1ccc(C=NNC(=O)CSc2nnc(SCc3ccccc3)s2)cc1. The standard InChI is InChI=1S/C20H20N4OS3/c1-2-15-8-10-16(11-9-15)12-21-22-18(25)14-27-20-24-23-19(28-20)26-13-17-6-4-3-5-7-17/h3-12H,2,13-14H2,1H3,(H,22,25). The predicted octanol–water partition coefficient (Wildman–Crippen LogP) is 4.64. The van der Waals surface area contributed by atoms with Crippen LogP contribution >= 0.6 is 34.9 Å². The van der Waals surface area contributed by atoms with E-state index in [0.29, 0.717) is 0 Å². The van der Waals surface area contributed by atoms with Crippen molar-refractivity contribution in [3.63, 3.8) is 0 Å². The Bertz CT molecular complexity index is 911. The van der Waals surface area contributed by atoms with Gasteiger partial charge in [-0.15, -0.1) is 10.2 Å². The van der Waals surface area contributed by atoms with Crippen LogP contribution in [0.1, 0.15) is 23.6 Å². The molecule has 0 aliphatic carbocycles. The summed E-state index contributed by atoms with van der Waals surface area (Å²) in [6.45, 7) is 2.11. The molecule has 0 atom stereocenters. The molecular formula is C20H20N4OS3. The lowest BCUT2D eigenvalue weighted by molar-refractivity contribution is -0.118. The smallest absolute Gasteiger partial charge is 0.250 e. The van der Waals surface area contributed by atoms with Gasteiger partial charge in [-0.3, -0.25) is 4.79 Å². The highest BCUT2D eigenvalue weighted by molar-refractivity contribution is 8.03. The number of thioether (sulfide) groups is 2. The van der Waals surface area contributed by atoms with E-state index in [1.54, 1.807) is 18.0 Å². The molecule has 1 N–H and O–H groups in total. The summed E-state index contributed by atoms with van der Waals surface area (Å²) < 4.78 is 1.69. The van der Waals surface area contributed by atoms with Crippen molar-refractivity contribution in [3.8, 4) is 0 Å². The van der Waals surface area contributed by atoms with Gasteiger partial charge >= 0.3 is 0 Å². The first-order valence-corrected chi connectivity index (χ1v) is 11.6. The molecule has 0 saturated heterocycles. The van der Waals surface area contributed by atoms with Gasteiger partial charge in [0, 0.05) is 5.75 Å². The molecule has 0 bridgehead atoms. The molecule has 28 heavy (non-hydrogen) atoms. The average Bonchev–Trinajstić information content (AvgIpc) is 3.20. The van der Waals surface area contributed by atoms with E-state index in [-0.39, 0.29) is 11.7 Å². The lowest BCUT2D eigenvalue weighted by atomic mass is 10.1. The molecule has 0 unspecified atom stereocenters. The number of rotatable bonds is 9. The summed E-state index contributed by atoms with van der Waals surface area (Å²) in [6.07, 6.45) is 2.65. The Labute approximate surface area is 177 Å². The second-order valence-corrected chi connectivity index (χ2v) is 9.21. The number of hydrogen-bond acceptors (Lipinski definition) is 7. The zero-order valence-corrected chi connectivity index (χ0v) is 17.8. The number of carbonyl (C=O) groups is 1. The minimum atomic E-state index is -0.167. The molecule has 0 aliphatic rings. The second kappa shape index (κ2) is 11.0. The highest BCUT2D eigenvalue weighted by atomic mass is 32.2. The lowest BCUT2D eigenvalue weighted by Gasteiger charge is -1.99. The number of hydrogen-bond donors (Lipinski definition) is 1. The third-order valence-corrected chi connectivity index (χ3v) is 6.97. The van der Waals surface area contributed by atoms with E-state index in [1.807, 2.05) is 30.3 Å². The molecule has 1 amide bonds. The van der Waals surface area contributed by atoms with Crippen LogP contribution < -0.4 is 5.43 Å². The number of nitrogens with one attached hydrogen (secondary N) is 1. The maximum atomic E-state index is 11.9. The average molecular weight is 429 g/mol. The third-order valence-electron chi connectivity index (χ3n) is 3.71. The van der Waals surface area contributed by atoms with Crippen molar-refractivity contribution in [2.45, 2.75) is 27.8 Å². The van der Waals surface area contributed by atoms with E-state index in [4.69, 9.17) is 0 Å². The topological polar surface area (TPSA) is 67.2 Å². The monoisotopic (exact) mass is 428 g/mol. The van der Waals surface area contributed by atoms with E-state index >= 15 is 0 Å². The Morgan fingerprint density at radius 1 is 1.04 bits per heavy atom. The van der Waals surface area contributed by atoms with E-state index in [2.05, 4.69) is 51.9 Å². The highest BCUT2D eigenvalue weighted by Crippen LogP contribution is 2.30. The molecule has 0 aliphatic heterocycles. The van der Waals surface area contributed by atoms with Crippen LogP contribution in [0.4, 0.5) is 0 Å². The molecule has 0 spiro atoms. The van der Waals surface area contributed by atoms with Crippen LogP contribution in [0.3, 0.4) is 0 Å². The fourth-order valence-electron chi connectivity index (χ4n) is 2.21. The number of nitrogens with zero attached hydrogens (tertiary/aromatic N) is 3. The van der Waals surface area contributed by atoms with Crippen molar-refractivity contribution in [1.82, 2.24) is 15.6 Å². The van der Waals surface area contributed by atoms with Crippen LogP contribution in [0.15, 0.2) is 68.4 Å². The summed E-state index contributed by atoms with van der Waals surface area (Å²) in [7, 11) is 0. The largest absolute Gasteiger partial charge is 0.272 e.